The van der Waals surface area contributed by atoms with Crippen LogP contribution in [0.4, 0.5) is 0 Å². The van der Waals surface area contributed by atoms with Crippen LogP contribution in [-0.4, -0.2) is 85.9 Å². The van der Waals surface area contributed by atoms with E-state index in [1.54, 1.807) is 46.8 Å². The third kappa shape index (κ3) is 6.80. The van der Waals surface area contributed by atoms with Gasteiger partial charge in [0.25, 0.3) is 0 Å². The number of nitrogens with zero attached hydrogens (tertiary/aromatic N) is 4. The first kappa shape index (κ1) is 28.9. The van der Waals surface area contributed by atoms with Gasteiger partial charge >= 0.3 is 5.97 Å². The van der Waals surface area contributed by atoms with Crippen LogP contribution < -0.4 is 0 Å². The molecule has 3 heterocycles. The number of ether oxygens (including phenoxy) is 1. The van der Waals surface area contributed by atoms with Gasteiger partial charge in [0.15, 0.2) is 5.69 Å². The van der Waals surface area contributed by atoms with Crippen LogP contribution in [0, 0.1) is 0 Å². The molecule has 0 amide bonds. The van der Waals surface area contributed by atoms with Crippen molar-refractivity contribution in [2.75, 3.05) is 52.4 Å². The number of sulfonamides is 1. The molecule has 214 valence electrons. The molecule has 10 heteroatoms. The molecule has 0 spiro atoms. The van der Waals surface area contributed by atoms with Crippen molar-refractivity contribution in [2.24, 2.45) is 0 Å². The second-order valence-corrected chi connectivity index (χ2v) is 13.2. The highest BCUT2D eigenvalue weighted by Gasteiger charge is 2.32. The van der Waals surface area contributed by atoms with E-state index < -0.39 is 10.0 Å². The molecular formula is C30H38N4O4S2. The zero-order valence-corrected chi connectivity index (χ0v) is 24.7. The maximum atomic E-state index is 13.1. The second kappa shape index (κ2) is 13.4. The number of hydrogen-bond donors (Lipinski definition) is 0. The quantitative estimate of drug-likeness (QED) is 0.322. The molecule has 1 atom stereocenters. The second-order valence-electron chi connectivity index (χ2n) is 10.4. The molecule has 0 saturated carbocycles. The molecule has 5 rings (SSSR count). The number of benzene rings is 2. The van der Waals surface area contributed by atoms with Crippen LogP contribution in [0.5, 0.6) is 0 Å². The molecule has 2 aromatic carbocycles. The molecule has 2 fully saturated rings. The van der Waals surface area contributed by atoms with Crippen LogP contribution in [0.3, 0.4) is 0 Å². The highest BCUT2D eigenvalue weighted by molar-refractivity contribution is 7.89. The summed E-state index contributed by atoms with van der Waals surface area (Å²) in [4.78, 5) is 21.9. The number of carbonyl (C=O) groups excluding carboxylic acids is 1. The minimum absolute atomic E-state index is 0.242. The first-order valence-corrected chi connectivity index (χ1v) is 16.5. The number of piperidine rings is 1. The third-order valence-electron chi connectivity index (χ3n) is 7.94. The summed E-state index contributed by atoms with van der Waals surface area (Å²) in [7, 11) is -3.47. The maximum absolute atomic E-state index is 13.1. The molecule has 0 aliphatic carbocycles. The Bertz CT molecular complexity index is 1330. The maximum Gasteiger partial charge on any atom is 0.357 e. The molecule has 0 N–H and O–H groups in total. The third-order valence-corrected chi connectivity index (χ3v) is 10.9. The van der Waals surface area contributed by atoms with Crippen molar-refractivity contribution < 1.29 is 17.9 Å². The molecule has 40 heavy (non-hydrogen) atoms. The van der Waals surface area contributed by atoms with Crippen LogP contribution in [0.15, 0.2) is 70.9 Å². The number of hydrogen-bond acceptors (Lipinski definition) is 8. The van der Waals surface area contributed by atoms with Gasteiger partial charge in [-0.2, -0.15) is 4.31 Å². The lowest BCUT2D eigenvalue weighted by atomic mass is 9.96. The van der Waals surface area contributed by atoms with Gasteiger partial charge < -0.3 is 9.64 Å². The van der Waals surface area contributed by atoms with Crippen molar-refractivity contribution in [3.8, 4) is 0 Å². The monoisotopic (exact) mass is 582 g/mol. The fourth-order valence-corrected chi connectivity index (χ4v) is 8.12. The van der Waals surface area contributed by atoms with Crippen molar-refractivity contribution in [2.45, 2.75) is 43.0 Å². The van der Waals surface area contributed by atoms with Crippen LogP contribution in [-0.2, 0) is 14.8 Å². The standard InChI is InChI=1S/C30H38N4O4S2/c1-2-38-30(35)27-23-39-29(31-27)25-13-16-32(17-14-25)18-15-28(24-9-5-3-6-10-24)33-19-21-34(22-20-33)40(36,37)26-11-7-4-8-12-26/h3-12,23,25,28H,2,13-22H2,1H3. The lowest BCUT2D eigenvalue weighted by Gasteiger charge is -2.40. The molecule has 1 aromatic heterocycles. The fourth-order valence-electron chi connectivity index (χ4n) is 5.71. The molecule has 2 aliphatic heterocycles. The highest BCUT2D eigenvalue weighted by Crippen LogP contribution is 2.32. The van der Waals surface area contributed by atoms with Gasteiger partial charge in [-0.05, 0) is 63.5 Å². The molecule has 2 aliphatic rings. The van der Waals surface area contributed by atoms with Crippen LogP contribution in [0.25, 0.3) is 0 Å². The van der Waals surface area contributed by atoms with Gasteiger partial charge in [0.1, 0.15) is 0 Å². The molecule has 3 aromatic rings. The molecule has 1 unspecified atom stereocenters. The zero-order chi connectivity index (χ0) is 28.0. The fraction of sp³-hybridized carbons (Fsp3) is 0.467. The molecular weight excluding hydrogens is 544 g/mol. The van der Waals surface area contributed by atoms with E-state index in [9.17, 15) is 13.2 Å². The van der Waals surface area contributed by atoms with E-state index in [-0.39, 0.29) is 12.0 Å². The summed E-state index contributed by atoms with van der Waals surface area (Å²) in [5, 5.41) is 2.85. The highest BCUT2D eigenvalue weighted by atomic mass is 32.2. The van der Waals surface area contributed by atoms with Crippen molar-refractivity contribution in [1.82, 2.24) is 19.1 Å². The largest absolute Gasteiger partial charge is 0.461 e. The van der Waals surface area contributed by atoms with Gasteiger partial charge in [0.05, 0.1) is 16.5 Å². The van der Waals surface area contributed by atoms with Crippen LogP contribution >= 0.6 is 11.3 Å². The summed E-state index contributed by atoms with van der Waals surface area (Å²) in [5.74, 6) is 0.0434. The average Bonchev–Trinajstić information content (AvgIpc) is 3.50. The number of rotatable bonds is 10. The Hall–Kier alpha value is -2.63. The summed E-state index contributed by atoms with van der Waals surface area (Å²) in [6.45, 7) is 7.56. The number of piperazine rings is 1. The number of thiazole rings is 1. The van der Waals surface area contributed by atoms with Gasteiger partial charge in [0.2, 0.25) is 10.0 Å². The first-order valence-electron chi connectivity index (χ1n) is 14.1. The molecule has 0 bridgehead atoms. The smallest absolute Gasteiger partial charge is 0.357 e. The van der Waals surface area contributed by atoms with E-state index in [0.717, 1.165) is 43.9 Å². The summed E-state index contributed by atoms with van der Waals surface area (Å²) in [6, 6.07) is 19.6. The Kier molecular flexibility index (Phi) is 9.64. The Morgan fingerprint density at radius 1 is 0.975 bits per heavy atom. The van der Waals surface area contributed by atoms with E-state index in [4.69, 9.17) is 4.74 Å². The summed E-state index contributed by atoms with van der Waals surface area (Å²) >= 11 is 1.56. The van der Waals surface area contributed by atoms with Gasteiger partial charge in [-0.25, -0.2) is 18.2 Å². The van der Waals surface area contributed by atoms with Crippen molar-refractivity contribution >= 4 is 27.3 Å². The van der Waals surface area contributed by atoms with Gasteiger partial charge in [-0.1, -0.05) is 48.5 Å². The SMILES string of the molecule is CCOC(=O)c1csc(C2CCN(CCC(c3ccccc3)N3CCN(S(=O)(=O)c4ccccc4)CC3)CC2)n1. The Labute approximate surface area is 241 Å². The minimum atomic E-state index is -3.47. The summed E-state index contributed by atoms with van der Waals surface area (Å²) in [5.41, 5.74) is 1.71. The number of carbonyl (C=O) groups is 1. The van der Waals surface area contributed by atoms with E-state index >= 15 is 0 Å². The topological polar surface area (TPSA) is 83.0 Å². The van der Waals surface area contributed by atoms with Crippen molar-refractivity contribution in [3.63, 3.8) is 0 Å². The normalized spacial score (nSPS) is 18.9. The predicted molar refractivity (Wildman–Crippen MR) is 157 cm³/mol. The van der Waals surface area contributed by atoms with E-state index in [1.807, 2.05) is 17.5 Å². The first-order chi connectivity index (χ1) is 19.5. The molecule has 2 saturated heterocycles. The Balaban J connectivity index is 1.17. The number of aromatic nitrogens is 1. The summed E-state index contributed by atoms with van der Waals surface area (Å²) < 4.78 is 33.0. The Morgan fingerprint density at radius 2 is 1.62 bits per heavy atom. The molecule has 8 nitrogen and oxygen atoms in total. The zero-order valence-electron chi connectivity index (χ0n) is 23.0. The van der Waals surface area contributed by atoms with Crippen LogP contribution in [0.1, 0.15) is 59.2 Å². The summed E-state index contributed by atoms with van der Waals surface area (Å²) in [6.07, 6.45) is 3.05. The average molecular weight is 583 g/mol. The Morgan fingerprint density at radius 3 is 2.27 bits per heavy atom. The van der Waals surface area contributed by atoms with Crippen molar-refractivity contribution in [1.29, 1.82) is 0 Å². The van der Waals surface area contributed by atoms with Gasteiger partial charge in [-0.15, -0.1) is 11.3 Å². The lowest BCUT2D eigenvalue weighted by molar-refractivity contribution is 0.0520. The number of esters is 1. The van der Waals surface area contributed by atoms with E-state index in [0.29, 0.717) is 49.3 Å². The molecule has 0 radical (unpaired) electrons. The van der Waals surface area contributed by atoms with E-state index in [2.05, 4.69) is 39.0 Å². The van der Waals surface area contributed by atoms with Crippen LogP contribution in [0.2, 0.25) is 0 Å². The lowest BCUT2D eigenvalue weighted by Crippen LogP contribution is -2.50. The number of likely N-dealkylation sites (tertiary alicyclic amines) is 1. The van der Waals surface area contributed by atoms with Gasteiger partial charge in [0, 0.05) is 43.5 Å². The van der Waals surface area contributed by atoms with Gasteiger partial charge in [-0.3, -0.25) is 4.90 Å². The van der Waals surface area contributed by atoms with Crippen molar-refractivity contribution in [3.05, 3.63) is 82.3 Å². The minimum Gasteiger partial charge on any atom is -0.461 e. The predicted octanol–water partition coefficient (Wildman–Crippen LogP) is 4.64. The van der Waals surface area contributed by atoms with E-state index in [1.165, 1.54) is 5.56 Å².